The van der Waals surface area contributed by atoms with Crippen molar-refractivity contribution in [3.05, 3.63) is 61.3 Å². The van der Waals surface area contributed by atoms with Crippen molar-refractivity contribution in [3.63, 3.8) is 0 Å². The monoisotopic (exact) mass is 334 g/mol. The zero-order valence-corrected chi connectivity index (χ0v) is 13.8. The van der Waals surface area contributed by atoms with Crippen LogP contribution in [0.1, 0.15) is 0 Å². The van der Waals surface area contributed by atoms with Crippen molar-refractivity contribution in [1.82, 2.24) is 15.1 Å². The molecule has 126 valence electrons. The highest BCUT2D eigenvalue weighted by molar-refractivity contribution is 5.99. The number of aromatic nitrogens is 2. The number of hydrogen-bond donors (Lipinski definition) is 2. The van der Waals surface area contributed by atoms with Gasteiger partial charge in [-0.1, -0.05) is 30.8 Å². The first-order valence-corrected chi connectivity index (χ1v) is 7.80. The number of anilines is 1. The number of nitrogens with one attached hydrogen (secondary N) is 2. The van der Waals surface area contributed by atoms with Crippen LogP contribution in [0.4, 0.5) is 5.69 Å². The zero-order valence-electron chi connectivity index (χ0n) is 13.8. The van der Waals surface area contributed by atoms with Crippen LogP contribution in [0.3, 0.4) is 0 Å². The highest BCUT2D eigenvalue weighted by Gasteiger charge is 2.08. The normalized spacial score (nSPS) is 10.4. The van der Waals surface area contributed by atoms with Crippen LogP contribution in [0.25, 0.3) is 22.0 Å². The summed E-state index contributed by atoms with van der Waals surface area (Å²) in [6.07, 6.45) is 2.97. The molecule has 2 N–H and O–H groups in total. The summed E-state index contributed by atoms with van der Waals surface area (Å²) >= 11 is 0. The van der Waals surface area contributed by atoms with Crippen LogP contribution in [-0.2, 0) is 16.1 Å². The van der Waals surface area contributed by atoms with Crippen LogP contribution in [0.15, 0.2) is 61.3 Å². The molecule has 0 radical (unpaired) electrons. The Labute approximate surface area is 145 Å². The van der Waals surface area contributed by atoms with E-state index < -0.39 is 0 Å². The van der Waals surface area contributed by atoms with Crippen LogP contribution in [0.2, 0.25) is 0 Å². The fraction of sp³-hybridized carbons (Fsp3) is 0.105. The van der Waals surface area contributed by atoms with Gasteiger partial charge in [0.25, 0.3) is 0 Å². The van der Waals surface area contributed by atoms with Gasteiger partial charge in [-0.3, -0.25) is 14.3 Å². The lowest BCUT2D eigenvalue weighted by Crippen LogP contribution is -2.23. The Kier molecular flexibility index (Phi) is 4.61. The van der Waals surface area contributed by atoms with Crippen molar-refractivity contribution in [2.75, 3.05) is 12.4 Å². The molecule has 6 heteroatoms. The van der Waals surface area contributed by atoms with Gasteiger partial charge in [0.2, 0.25) is 11.8 Å². The maximum atomic E-state index is 11.6. The Bertz CT molecular complexity index is 959. The molecule has 0 aliphatic rings. The van der Waals surface area contributed by atoms with Gasteiger partial charge in [-0.15, -0.1) is 0 Å². The second kappa shape index (κ2) is 7.00. The molecule has 3 rings (SSSR count). The van der Waals surface area contributed by atoms with Gasteiger partial charge in [0, 0.05) is 18.1 Å². The molecule has 0 fully saturated rings. The Morgan fingerprint density at radius 1 is 1.20 bits per heavy atom. The summed E-state index contributed by atoms with van der Waals surface area (Å²) in [7, 11) is 1.60. The average molecular weight is 334 g/mol. The third-order valence-electron chi connectivity index (χ3n) is 3.87. The summed E-state index contributed by atoms with van der Waals surface area (Å²) in [5, 5.41) is 10.6. The van der Waals surface area contributed by atoms with Gasteiger partial charge < -0.3 is 10.6 Å². The number of benzene rings is 2. The van der Waals surface area contributed by atoms with Gasteiger partial charge >= 0.3 is 0 Å². The standard InChI is InChI=1S/C19H18N4O2/c1-3-18(24)22-16-6-4-5-13(9-16)14-7-8-15-11-21-23(17(15)10-14)12-19(25)20-2/h3-11H,1,12H2,2H3,(H,20,25)(H,22,24). The molecule has 0 saturated carbocycles. The largest absolute Gasteiger partial charge is 0.358 e. The van der Waals surface area contributed by atoms with E-state index in [0.29, 0.717) is 5.69 Å². The summed E-state index contributed by atoms with van der Waals surface area (Å²) in [5.74, 6) is -0.360. The van der Waals surface area contributed by atoms with Gasteiger partial charge in [0.15, 0.2) is 0 Å². The van der Waals surface area contributed by atoms with Gasteiger partial charge in [-0.25, -0.2) is 0 Å². The van der Waals surface area contributed by atoms with E-state index in [1.165, 1.54) is 6.08 Å². The van der Waals surface area contributed by atoms with Crippen LogP contribution in [0.5, 0.6) is 0 Å². The van der Waals surface area contributed by atoms with Crippen LogP contribution >= 0.6 is 0 Å². The van der Waals surface area contributed by atoms with E-state index in [1.807, 2.05) is 42.5 Å². The van der Waals surface area contributed by atoms with E-state index in [9.17, 15) is 9.59 Å². The molecule has 2 amide bonds. The molecule has 0 aliphatic carbocycles. The SMILES string of the molecule is C=CC(=O)Nc1cccc(-c2ccc3cnn(CC(=O)NC)c3c2)c1. The summed E-state index contributed by atoms with van der Waals surface area (Å²) in [5.41, 5.74) is 3.50. The van der Waals surface area contributed by atoms with Crippen molar-refractivity contribution < 1.29 is 9.59 Å². The summed E-state index contributed by atoms with van der Waals surface area (Å²) in [6.45, 7) is 3.62. The Morgan fingerprint density at radius 3 is 2.76 bits per heavy atom. The molecule has 25 heavy (non-hydrogen) atoms. The predicted molar refractivity (Wildman–Crippen MR) is 98.1 cm³/mol. The minimum absolute atomic E-state index is 0.107. The highest BCUT2D eigenvalue weighted by atomic mass is 16.2. The molecule has 0 unspecified atom stereocenters. The van der Waals surface area contributed by atoms with E-state index in [2.05, 4.69) is 22.3 Å². The van der Waals surface area contributed by atoms with Crippen LogP contribution < -0.4 is 10.6 Å². The zero-order chi connectivity index (χ0) is 17.8. The molecular weight excluding hydrogens is 316 g/mol. The molecular formula is C19H18N4O2. The average Bonchev–Trinajstić information content (AvgIpc) is 3.03. The first-order chi connectivity index (χ1) is 12.1. The Morgan fingerprint density at radius 2 is 2.00 bits per heavy atom. The van der Waals surface area contributed by atoms with Crippen molar-refractivity contribution >= 4 is 28.4 Å². The number of amides is 2. The lowest BCUT2D eigenvalue weighted by atomic mass is 10.0. The fourth-order valence-corrected chi connectivity index (χ4v) is 2.56. The van der Waals surface area contributed by atoms with E-state index in [1.54, 1.807) is 17.9 Å². The van der Waals surface area contributed by atoms with Crippen LogP contribution in [-0.4, -0.2) is 28.6 Å². The van der Waals surface area contributed by atoms with Crippen molar-refractivity contribution in [2.45, 2.75) is 6.54 Å². The van der Waals surface area contributed by atoms with E-state index in [-0.39, 0.29) is 18.4 Å². The topological polar surface area (TPSA) is 76.0 Å². The van der Waals surface area contributed by atoms with Gasteiger partial charge in [0.1, 0.15) is 6.54 Å². The number of rotatable bonds is 5. The second-order valence-electron chi connectivity index (χ2n) is 5.52. The number of fused-ring (bicyclic) bond motifs is 1. The van der Waals surface area contributed by atoms with Gasteiger partial charge in [-0.05, 0) is 35.4 Å². The molecule has 1 heterocycles. The maximum Gasteiger partial charge on any atom is 0.247 e. The minimum Gasteiger partial charge on any atom is -0.358 e. The summed E-state index contributed by atoms with van der Waals surface area (Å²) in [4.78, 5) is 23.1. The van der Waals surface area contributed by atoms with Gasteiger partial charge in [-0.2, -0.15) is 5.10 Å². The third kappa shape index (κ3) is 3.58. The molecule has 6 nitrogen and oxygen atoms in total. The summed E-state index contributed by atoms with van der Waals surface area (Å²) in [6, 6.07) is 13.5. The second-order valence-corrected chi connectivity index (χ2v) is 5.52. The van der Waals surface area contributed by atoms with Crippen LogP contribution in [0, 0.1) is 0 Å². The van der Waals surface area contributed by atoms with Crippen molar-refractivity contribution in [2.24, 2.45) is 0 Å². The van der Waals surface area contributed by atoms with E-state index >= 15 is 0 Å². The molecule has 2 aromatic carbocycles. The molecule has 0 spiro atoms. The van der Waals surface area contributed by atoms with Crippen molar-refractivity contribution in [1.29, 1.82) is 0 Å². The first kappa shape index (κ1) is 16.4. The van der Waals surface area contributed by atoms with Crippen molar-refractivity contribution in [3.8, 4) is 11.1 Å². The quantitative estimate of drug-likeness (QED) is 0.704. The Hall–Kier alpha value is -3.41. The molecule has 0 bridgehead atoms. The third-order valence-corrected chi connectivity index (χ3v) is 3.87. The number of nitrogens with zero attached hydrogens (tertiary/aromatic N) is 2. The lowest BCUT2D eigenvalue weighted by Gasteiger charge is -2.08. The number of carbonyl (C=O) groups excluding carboxylic acids is 2. The predicted octanol–water partition coefficient (Wildman–Crippen LogP) is 2.57. The molecule has 0 saturated heterocycles. The number of carbonyl (C=O) groups is 2. The minimum atomic E-state index is -0.253. The lowest BCUT2D eigenvalue weighted by molar-refractivity contribution is -0.121. The molecule has 0 aliphatic heterocycles. The number of likely N-dealkylation sites (N-methyl/N-ethyl adjacent to an activating group) is 1. The smallest absolute Gasteiger partial charge is 0.247 e. The first-order valence-electron chi connectivity index (χ1n) is 7.80. The van der Waals surface area contributed by atoms with Gasteiger partial charge in [0.05, 0.1) is 11.7 Å². The molecule has 0 atom stereocenters. The fourth-order valence-electron chi connectivity index (χ4n) is 2.56. The number of hydrogen-bond acceptors (Lipinski definition) is 3. The van der Waals surface area contributed by atoms with E-state index in [4.69, 9.17) is 0 Å². The molecule has 1 aromatic heterocycles. The maximum absolute atomic E-state index is 11.6. The highest BCUT2D eigenvalue weighted by Crippen LogP contribution is 2.26. The Balaban J connectivity index is 1.97. The molecule has 3 aromatic rings. The summed E-state index contributed by atoms with van der Waals surface area (Å²) < 4.78 is 1.67. The van der Waals surface area contributed by atoms with E-state index in [0.717, 1.165) is 22.0 Å².